The Bertz CT molecular complexity index is 398. The Labute approximate surface area is 103 Å². The van der Waals surface area contributed by atoms with E-state index in [4.69, 9.17) is 16.9 Å². The van der Waals surface area contributed by atoms with Gasteiger partial charge >= 0.3 is 0 Å². The molecule has 1 N–H and O–H groups in total. The molecule has 2 nitrogen and oxygen atoms in total. The third-order valence-corrected chi connectivity index (χ3v) is 2.69. The Morgan fingerprint density at radius 3 is 2.93 bits per heavy atom. The van der Waals surface area contributed by atoms with E-state index in [0.29, 0.717) is 11.6 Å². The van der Waals surface area contributed by atoms with Crippen molar-refractivity contribution in [3.8, 4) is 6.07 Å². The summed E-state index contributed by atoms with van der Waals surface area (Å²) >= 11 is 9.35. The summed E-state index contributed by atoms with van der Waals surface area (Å²) in [6, 6.07) is 7.22. The Morgan fingerprint density at radius 1 is 1.67 bits per heavy atom. The van der Waals surface area contributed by atoms with Gasteiger partial charge in [0, 0.05) is 21.6 Å². The molecule has 0 fully saturated rings. The fourth-order valence-electron chi connectivity index (χ4n) is 1.16. The number of benzene rings is 1. The number of halogens is 2. The molecule has 0 aliphatic rings. The van der Waals surface area contributed by atoms with E-state index in [-0.39, 0.29) is 0 Å². The predicted octanol–water partition coefficient (Wildman–Crippen LogP) is 3.44. The van der Waals surface area contributed by atoms with Crippen molar-refractivity contribution in [3.05, 3.63) is 45.9 Å². The van der Waals surface area contributed by atoms with E-state index in [0.717, 1.165) is 10.0 Å². The van der Waals surface area contributed by atoms with Crippen molar-refractivity contribution in [2.45, 2.75) is 6.04 Å². The number of hydrogen-bond acceptors (Lipinski definition) is 2. The fraction of sp³-hybridized carbons (Fsp3) is 0.182. The van der Waals surface area contributed by atoms with E-state index in [2.05, 4.69) is 33.9 Å². The number of nitrogens with one attached hydrogen (secondary N) is 1. The van der Waals surface area contributed by atoms with Crippen LogP contribution in [0.1, 0.15) is 11.6 Å². The molecule has 15 heavy (non-hydrogen) atoms. The van der Waals surface area contributed by atoms with Gasteiger partial charge in [0.25, 0.3) is 0 Å². The van der Waals surface area contributed by atoms with Gasteiger partial charge in [-0.25, -0.2) is 0 Å². The predicted molar refractivity (Wildman–Crippen MR) is 65.7 cm³/mol. The Morgan fingerprint density at radius 2 is 2.40 bits per heavy atom. The fourth-order valence-corrected chi connectivity index (χ4v) is 1.94. The minimum Gasteiger partial charge on any atom is -0.295 e. The topological polar surface area (TPSA) is 35.8 Å². The maximum absolute atomic E-state index is 8.98. The zero-order chi connectivity index (χ0) is 11.3. The molecule has 0 radical (unpaired) electrons. The van der Waals surface area contributed by atoms with Crippen LogP contribution in [0.4, 0.5) is 0 Å². The molecule has 1 atom stereocenters. The van der Waals surface area contributed by atoms with Crippen LogP contribution in [0, 0.1) is 11.3 Å². The summed E-state index contributed by atoms with van der Waals surface area (Å²) in [5, 5.41) is 12.6. The zero-order valence-corrected chi connectivity index (χ0v) is 10.3. The van der Waals surface area contributed by atoms with Gasteiger partial charge in [0.05, 0.1) is 6.07 Å². The lowest BCUT2D eigenvalue weighted by molar-refractivity contribution is 0.683. The summed E-state index contributed by atoms with van der Waals surface area (Å²) in [5.41, 5.74) is 0.782. The molecule has 4 heteroatoms. The molecule has 0 saturated heterocycles. The highest BCUT2D eigenvalue weighted by molar-refractivity contribution is 9.10. The molecule has 1 unspecified atom stereocenters. The van der Waals surface area contributed by atoms with Crippen molar-refractivity contribution >= 4 is 27.5 Å². The van der Waals surface area contributed by atoms with E-state index in [1.165, 1.54) is 0 Å². The smallest absolute Gasteiger partial charge is 0.123 e. The van der Waals surface area contributed by atoms with Gasteiger partial charge in [-0.2, -0.15) is 5.26 Å². The van der Waals surface area contributed by atoms with Crippen LogP contribution in [0.5, 0.6) is 0 Å². The van der Waals surface area contributed by atoms with Gasteiger partial charge in [-0.3, -0.25) is 5.32 Å². The minimum absolute atomic E-state index is 0.399. The summed E-state index contributed by atoms with van der Waals surface area (Å²) in [5.74, 6) is 0. The molecular weight excluding hydrogens is 275 g/mol. The largest absolute Gasteiger partial charge is 0.295 e. The summed E-state index contributed by atoms with van der Waals surface area (Å²) in [6.45, 7) is 4.16. The average Bonchev–Trinajstić information content (AvgIpc) is 2.21. The first-order valence-electron chi connectivity index (χ1n) is 4.38. The number of nitriles is 1. The normalized spacial score (nSPS) is 11.8. The molecule has 0 spiro atoms. The Hall–Kier alpha value is -0.820. The van der Waals surface area contributed by atoms with Crippen LogP contribution >= 0.6 is 27.5 Å². The molecule has 0 saturated carbocycles. The van der Waals surface area contributed by atoms with Gasteiger partial charge in [-0.05, 0) is 12.1 Å². The molecule has 78 valence electrons. The van der Waals surface area contributed by atoms with Crippen LogP contribution in [0.2, 0.25) is 5.02 Å². The Kier molecular flexibility index (Phi) is 4.83. The van der Waals surface area contributed by atoms with Crippen molar-refractivity contribution in [1.82, 2.24) is 5.32 Å². The number of nitrogens with zero attached hydrogens (tertiary/aromatic N) is 1. The molecule has 0 aromatic heterocycles. The molecule has 1 aromatic rings. The van der Waals surface area contributed by atoms with Gasteiger partial charge in [0.1, 0.15) is 6.04 Å². The molecule has 0 aliphatic heterocycles. The summed E-state index contributed by atoms with van der Waals surface area (Å²) in [4.78, 5) is 0. The third kappa shape index (κ3) is 3.35. The van der Waals surface area contributed by atoms with Gasteiger partial charge in [0.2, 0.25) is 0 Å². The minimum atomic E-state index is -0.399. The van der Waals surface area contributed by atoms with Crippen molar-refractivity contribution in [1.29, 1.82) is 5.26 Å². The van der Waals surface area contributed by atoms with Crippen molar-refractivity contribution in [2.24, 2.45) is 0 Å². The van der Waals surface area contributed by atoms with E-state index in [1.54, 1.807) is 12.1 Å². The van der Waals surface area contributed by atoms with Gasteiger partial charge in [0.15, 0.2) is 0 Å². The van der Waals surface area contributed by atoms with Crippen LogP contribution in [0.15, 0.2) is 35.3 Å². The number of rotatable bonds is 4. The van der Waals surface area contributed by atoms with E-state index in [9.17, 15) is 0 Å². The quantitative estimate of drug-likeness (QED) is 0.860. The van der Waals surface area contributed by atoms with Crippen molar-refractivity contribution in [3.63, 3.8) is 0 Å². The molecule has 0 bridgehead atoms. The van der Waals surface area contributed by atoms with E-state index in [1.807, 2.05) is 12.1 Å². The van der Waals surface area contributed by atoms with Gasteiger partial charge < -0.3 is 0 Å². The number of hydrogen-bond donors (Lipinski definition) is 1. The highest BCUT2D eigenvalue weighted by atomic mass is 79.9. The molecule has 0 aliphatic carbocycles. The third-order valence-electron chi connectivity index (χ3n) is 1.87. The highest BCUT2D eigenvalue weighted by Crippen LogP contribution is 2.26. The molecule has 0 amide bonds. The van der Waals surface area contributed by atoms with Crippen LogP contribution in [0.25, 0.3) is 0 Å². The first kappa shape index (κ1) is 12.3. The second kappa shape index (κ2) is 5.92. The summed E-state index contributed by atoms with van der Waals surface area (Å²) < 4.78 is 0.900. The van der Waals surface area contributed by atoms with E-state index < -0.39 is 6.04 Å². The highest BCUT2D eigenvalue weighted by Gasteiger charge is 2.12. The monoisotopic (exact) mass is 284 g/mol. The Balaban J connectivity index is 2.92. The van der Waals surface area contributed by atoms with Gasteiger partial charge in [-0.1, -0.05) is 39.7 Å². The maximum Gasteiger partial charge on any atom is 0.123 e. The molecule has 1 aromatic carbocycles. The van der Waals surface area contributed by atoms with Crippen LogP contribution in [0.3, 0.4) is 0 Å². The lowest BCUT2D eigenvalue weighted by atomic mass is 10.1. The molecule has 1 rings (SSSR count). The lowest BCUT2D eigenvalue weighted by Gasteiger charge is -2.12. The first-order chi connectivity index (χ1) is 7.19. The van der Waals surface area contributed by atoms with Crippen LogP contribution < -0.4 is 5.32 Å². The second-order valence-electron chi connectivity index (χ2n) is 2.92. The average molecular weight is 286 g/mol. The van der Waals surface area contributed by atoms with Crippen molar-refractivity contribution in [2.75, 3.05) is 6.54 Å². The standard InChI is InChI=1S/C11H10BrClN2/c1-2-5-15-11(7-14)9-4-3-8(12)6-10(9)13/h2-4,6,11,15H,1,5H2. The van der Waals surface area contributed by atoms with Crippen LogP contribution in [-0.4, -0.2) is 6.54 Å². The summed E-state index contributed by atoms with van der Waals surface area (Å²) in [6.07, 6.45) is 1.71. The SMILES string of the molecule is C=CCNC(C#N)c1ccc(Br)cc1Cl. The maximum atomic E-state index is 8.98. The van der Waals surface area contributed by atoms with Crippen LogP contribution in [-0.2, 0) is 0 Å². The molecule has 0 heterocycles. The van der Waals surface area contributed by atoms with Crippen molar-refractivity contribution < 1.29 is 0 Å². The second-order valence-corrected chi connectivity index (χ2v) is 4.25. The first-order valence-corrected chi connectivity index (χ1v) is 5.55. The molecular formula is C11H10BrClN2. The van der Waals surface area contributed by atoms with E-state index >= 15 is 0 Å². The summed E-state index contributed by atoms with van der Waals surface area (Å²) in [7, 11) is 0. The zero-order valence-electron chi connectivity index (χ0n) is 8.00. The van der Waals surface area contributed by atoms with Gasteiger partial charge in [-0.15, -0.1) is 6.58 Å². The lowest BCUT2D eigenvalue weighted by Crippen LogP contribution is -2.20.